The Balaban J connectivity index is 2.98. The van der Waals surface area contributed by atoms with Gasteiger partial charge >= 0.3 is 0 Å². The highest BCUT2D eigenvalue weighted by Gasteiger charge is 2.31. The van der Waals surface area contributed by atoms with Crippen LogP contribution in [0.4, 0.5) is 0 Å². The zero-order chi connectivity index (χ0) is 13.6. The van der Waals surface area contributed by atoms with Gasteiger partial charge in [-0.25, -0.2) is 0 Å². The van der Waals surface area contributed by atoms with E-state index in [9.17, 15) is 5.11 Å². The second-order valence-corrected chi connectivity index (χ2v) is 5.98. The summed E-state index contributed by atoms with van der Waals surface area (Å²) in [6.45, 7) is 9.84. The summed E-state index contributed by atoms with van der Waals surface area (Å²) < 4.78 is 0. The van der Waals surface area contributed by atoms with Crippen LogP contribution in [0.3, 0.4) is 0 Å². The molecule has 0 spiro atoms. The largest absolute Gasteiger partial charge is 0.394 e. The molecule has 0 aliphatic carbocycles. The average molecular weight is 249 g/mol. The highest BCUT2D eigenvalue weighted by Crippen LogP contribution is 2.28. The van der Waals surface area contributed by atoms with E-state index in [0.717, 1.165) is 13.0 Å². The van der Waals surface area contributed by atoms with Gasteiger partial charge in [-0.1, -0.05) is 58.0 Å². The van der Waals surface area contributed by atoms with E-state index >= 15 is 0 Å². The maximum atomic E-state index is 9.93. The molecule has 1 unspecified atom stereocenters. The first-order valence-corrected chi connectivity index (χ1v) is 6.91. The first-order valence-electron chi connectivity index (χ1n) is 6.91. The van der Waals surface area contributed by atoms with Gasteiger partial charge in [0.15, 0.2) is 0 Å². The molecule has 1 rings (SSSR count). The minimum Gasteiger partial charge on any atom is -0.394 e. The monoisotopic (exact) mass is 249 g/mol. The fraction of sp³-hybridized carbons (Fsp3) is 0.625. The molecule has 0 aliphatic rings. The first kappa shape index (κ1) is 15.2. The van der Waals surface area contributed by atoms with Crippen molar-refractivity contribution < 1.29 is 5.11 Å². The van der Waals surface area contributed by atoms with Crippen LogP contribution in [-0.2, 0) is 5.54 Å². The molecule has 0 amide bonds. The van der Waals surface area contributed by atoms with E-state index in [2.05, 4.69) is 45.1 Å². The van der Waals surface area contributed by atoms with Crippen LogP contribution >= 0.6 is 0 Å². The van der Waals surface area contributed by atoms with E-state index in [4.69, 9.17) is 0 Å². The summed E-state index contributed by atoms with van der Waals surface area (Å²) in [5.41, 5.74) is 0.876. The first-order chi connectivity index (χ1) is 8.50. The van der Waals surface area contributed by atoms with Gasteiger partial charge < -0.3 is 10.4 Å². The summed E-state index contributed by atoms with van der Waals surface area (Å²) in [6.07, 6.45) is 0.945. The van der Waals surface area contributed by atoms with Gasteiger partial charge in [-0.05, 0) is 30.4 Å². The maximum absolute atomic E-state index is 9.93. The van der Waals surface area contributed by atoms with Crippen LogP contribution < -0.4 is 5.32 Å². The van der Waals surface area contributed by atoms with Crippen molar-refractivity contribution in [2.75, 3.05) is 13.2 Å². The van der Waals surface area contributed by atoms with Crippen molar-refractivity contribution in [3.8, 4) is 0 Å². The summed E-state index contributed by atoms with van der Waals surface area (Å²) in [7, 11) is 0. The standard InChI is InChI=1S/C16H27NO/c1-13(2)10-16(12-18,17-11-14(3)4)15-8-6-5-7-9-15/h5-9,13-14,17-18H,10-12H2,1-4H3. The Hall–Kier alpha value is -0.860. The van der Waals surface area contributed by atoms with Crippen molar-refractivity contribution in [1.82, 2.24) is 5.32 Å². The molecule has 0 bridgehead atoms. The lowest BCUT2D eigenvalue weighted by Crippen LogP contribution is -2.48. The second kappa shape index (κ2) is 6.91. The van der Waals surface area contributed by atoms with E-state index in [1.165, 1.54) is 5.56 Å². The van der Waals surface area contributed by atoms with E-state index in [-0.39, 0.29) is 12.1 Å². The molecule has 0 aromatic heterocycles. The van der Waals surface area contributed by atoms with Gasteiger partial charge in [-0.15, -0.1) is 0 Å². The zero-order valence-electron chi connectivity index (χ0n) is 12.1. The summed E-state index contributed by atoms with van der Waals surface area (Å²) >= 11 is 0. The third-order valence-electron chi connectivity index (χ3n) is 3.20. The van der Waals surface area contributed by atoms with Gasteiger partial charge in [0.05, 0.1) is 12.1 Å². The molecule has 1 atom stereocenters. The van der Waals surface area contributed by atoms with Crippen molar-refractivity contribution in [2.45, 2.75) is 39.7 Å². The molecule has 2 N–H and O–H groups in total. The SMILES string of the molecule is CC(C)CNC(CO)(CC(C)C)c1ccccc1. The summed E-state index contributed by atoms with van der Waals surface area (Å²) in [5.74, 6) is 1.11. The zero-order valence-corrected chi connectivity index (χ0v) is 12.1. The molecule has 0 aliphatic heterocycles. The van der Waals surface area contributed by atoms with Crippen LogP contribution in [0, 0.1) is 11.8 Å². The molecular weight excluding hydrogens is 222 g/mol. The Morgan fingerprint density at radius 3 is 2.11 bits per heavy atom. The van der Waals surface area contributed by atoms with Gasteiger partial charge in [0.1, 0.15) is 0 Å². The predicted molar refractivity (Wildman–Crippen MR) is 77.5 cm³/mol. The molecule has 0 radical (unpaired) electrons. The molecule has 0 fully saturated rings. The molecule has 18 heavy (non-hydrogen) atoms. The van der Waals surface area contributed by atoms with Crippen molar-refractivity contribution in [2.24, 2.45) is 11.8 Å². The quantitative estimate of drug-likeness (QED) is 0.778. The fourth-order valence-corrected chi connectivity index (χ4v) is 2.36. The van der Waals surface area contributed by atoms with Crippen LogP contribution in [0.25, 0.3) is 0 Å². The molecule has 0 heterocycles. The Kier molecular flexibility index (Phi) is 5.83. The molecule has 0 saturated carbocycles. The van der Waals surface area contributed by atoms with Crippen LogP contribution in [0.15, 0.2) is 30.3 Å². The molecule has 0 saturated heterocycles. The average Bonchev–Trinajstić information content (AvgIpc) is 2.35. The van der Waals surface area contributed by atoms with E-state index in [1.807, 2.05) is 18.2 Å². The third-order valence-corrected chi connectivity index (χ3v) is 3.20. The minimum atomic E-state index is -0.306. The van der Waals surface area contributed by atoms with Gasteiger partial charge in [0.25, 0.3) is 0 Å². The minimum absolute atomic E-state index is 0.141. The molecule has 2 nitrogen and oxygen atoms in total. The lowest BCUT2D eigenvalue weighted by atomic mass is 9.82. The number of rotatable bonds is 7. The van der Waals surface area contributed by atoms with Gasteiger partial charge in [-0.2, -0.15) is 0 Å². The van der Waals surface area contributed by atoms with Crippen molar-refractivity contribution in [1.29, 1.82) is 0 Å². The highest BCUT2D eigenvalue weighted by molar-refractivity contribution is 5.25. The fourth-order valence-electron chi connectivity index (χ4n) is 2.36. The Morgan fingerprint density at radius 1 is 1.06 bits per heavy atom. The summed E-state index contributed by atoms with van der Waals surface area (Å²) in [4.78, 5) is 0. The lowest BCUT2D eigenvalue weighted by Gasteiger charge is -2.36. The number of nitrogens with one attached hydrogen (secondary N) is 1. The van der Waals surface area contributed by atoms with Crippen LogP contribution in [0.2, 0.25) is 0 Å². The number of aliphatic hydroxyl groups excluding tert-OH is 1. The summed E-state index contributed by atoms with van der Waals surface area (Å²) in [5, 5.41) is 13.5. The normalized spacial score (nSPS) is 15.1. The molecular formula is C16H27NO. The van der Waals surface area contributed by atoms with Crippen molar-refractivity contribution in [3.05, 3.63) is 35.9 Å². The van der Waals surface area contributed by atoms with E-state index in [1.54, 1.807) is 0 Å². The molecule has 2 heteroatoms. The van der Waals surface area contributed by atoms with E-state index < -0.39 is 0 Å². The van der Waals surface area contributed by atoms with Gasteiger partial charge in [-0.3, -0.25) is 0 Å². The van der Waals surface area contributed by atoms with Crippen LogP contribution in [-0.4, -0.2) is 18.3 Å². The smallest absolute Gasteiger partial charge is 0.0671 e. The Labute approximate surface area is 111 Å². The predicted octanol–water partition coefficient (Wildman–Crippen LogP) is 3.17. The van der Waals surface area contributed by atoms with Gasteiger partial charge in [0, 0.05) is 0 Å². The Morgan fingerprint density at radius 2 is 1.67 bits per heavy atom. The Bertz CT molecular complexity index is 334. The molecule has 1 aromatic carbocycles. The third kappa shape index (κ3) is 4.11. The van der Waals surface area contributed by atoms with Crippen molar-refractivity contribution >= 4 is 0 Å². The van der Waals surface area contributed by atoms with Crippen LogP contribution in [0.1, 0.15) is 39.7 Å². The molecule has 102 valence electrons. The maximum Gasteiger partial charge on any atom is 0.0671 e. The second-order valence-electron chi connectivity index (χ2n) is 5.98. The molecule has 1 aromatic rings. The van der Waals surface area contributed by atoms with Gasteiger partial charge in [0.2, 0.25) is 0 Å². The summed E-state index contributed by atoms with van der Waals surface area (Å²) in [6, 6.07) is 10.3. The van der Waals surface area contributed by atoms with E-state index in [0.29, 0.717) is 11.8 Å². The number of hydrogen-bond acceptors (Lipinski definition) is 2. The van der Waals surface area contributed by atoms with Crippen LogP contribution in [0.5, 0.6) is 0 Å². The number of aliphatic hydroxyl groups is 1. The highest BCUT2D eigenvalue weighted by atomic mass is 16.3. The van der Waals surface area contributed by atoms with Crippen molar-refractivity contribution in [3.63, 3.8) is 0 Å². The number of benzene rings is 1. The topological polar surface area (TPSA) is 32.3 Å². The lowest BCUT2D eigenvalue weighted by molar-refractivity contribution is 0.133. The number of hydrogen-bond donors (Lipinski definition) is 2.